The van der Waals surface area contributed by atoms with E-state index in [1.54, 1.807) is 6.20 Å². The van der Waals surface area contributed by atoms with Crippen molar-refractivity contribution >= 4 is 34.6 Å². The number of aryl methyl sites for hydroxylation is 1. The van der Waals surface area contributed by atoms with Gasteiger partial charge in [-0.1, -0.05) is 6.07 Å². The first-order chi connectivity index (χ1) is 14.6. The van der Waals surface area contributed by atoms with Gasteiger partial charge in [-0.05, 0) is 67.7 Å². The second-order valence-corrected chi connectivity index (χ2v) is 7.51. The van der Waals surface area contributed by atoms with Crippen molar-refractivity contribution in [2.45, 2.75) is 19.0 Å². The lowest BCUT2D eigenvalue weighted by molar-refractivity contribution is -0.119. The molecular formula is C22H23N5O2S. The van der Waals surface area contributed by atoms with Gasteiger partial charge in [-0.2, -0.15) is 0 Å². The van der Waals surface area contributed by atoms with E-state index in [-0.39, 0.29) is 24.6 Å². The van der Waals surface area contributed by atoms with Crippen LogP contribution in [0.5, 0.6) is 0 Å². The Labute approximate surface area is 180 Å². The molecule has 1 aliphatic rings. The Kier molecular flexibility index (Phi) is 5.78. The van der Waals surface area contributed by atoms with Crippen LogP contribution in [0.3, 0.4) is 0 Å². The van der Waals surface area contributed by atoms with Crippen molar-refractivity contribution in [3.8, 4) is 0 Å². The minimum absolute atomic E-state index is 0.0158. The summed E-state index contributed by atoms with van der Waals surface area (Å²) in [6.45, 7) is 2.05. The van der Waals surface area contributed by atoms with Crippen molar-refractivity contribution in [2.24, 2.45) is 0 Å². The van der Waals surface area contributed by atoms with Gasteiger partial charge in [0.2, 0.25) is 5.91 Å². The average molecular weight is 422 g/mol. The van der Waals surface area contributed by atoms with Crippen LogP contribution in [0.1, 0.15) is 29.2 Å². The third kappa shape index (κ3) is 4.05. The molecule has 30 heavy (non-hydrogen) atoms. The van der Waals surface area contributed by atoms with E-state index >= 15 is 0 Å². The van der Waals surface area contributed by atoms with Gasteiger partial charge in [-0.3, -0.25) is 9.78 Å². The lowest BCUT2D eigenvalue weighted by atomic mass is 10.0. The molecule has 0 spiro atoms. The molecule has 0 radical (unpaired) electrons. The summed E-state index contributed by atoms with van der Waals surface area (Å²) in [5.41, 5.74) is 4.68. The number of aromatic nitrogens is 2. The maximum absolute atomic E-state index is 11.8. The molecule has 4 rings (SSSR count). The molecule has 3 heterocycles. The highest BCUT2D eigenvalue weighted by molar-refractivity contribution is 7.80. The Balaban J connectivity index is 1.67. The summed E-state index contributed by atoms with van der Waals surface area (Å²) < 4.78 is 4.86. The molecule has 1 aromatic carbocycles. The van der Waals surface area contributed by atoms with Crippen molar-refractivity contribution in [3.63, 3.8) is 0 Å². The average Bonchev–Trinajstić information content (AvgIpc) is 3.32. The van der Waals surface area contributed by atoms with Gasteiger partial charge >= 0.3 is 0 Å². The second-order valence-electron chi connectivity index (χ2n) is 7.12. The molecule has 1 amide bonds. The lowest BCUT2D eigenvalue weighted by Crippen LogP contribution is -2.29. The summed E-state index contributed by atoms with van der Waals surface area (Å²) in [4.78, 5) is 21.8. The van der Waals surface area contributed by atoms with Crippen LogP contribution < -0.4 is 15.5 Å². The number of thiocarbonyl (C=S) groups is 1. The SMILES string of the molecule is COCC(=O)Nc1ccc(N2C(=S)N[C@H](c3ccccn3)[C@@H]2c2ccc(C)[nH]2)cc1. The van der Waals surface area contributed by atoms with Crippen molar-refractivity contribution < 1.29 is 9.53 Å². The van der Waals surface area contributed by atoms with Crippen molar-refractivity contribution in [1.29, 1.82) is 0 Å². The zero-order chi connectivity index (χ0) is 21.1. The second kappa shape index (κ2) is 8.64. The highest BCUT2D eigenvalue weighted by atomic mass is 32.1. The van der Waals surface area contributed by atoms with Crippen molar-refractivity contribution in [1.82, 2.24) is 15.3 Å². The first-order valence-corrected chi connectivity index (χ1v) is 10.0. The minimum atomic E-state index is -0.196. The maximum atomic E-state index is 11.8. The van der Waals surface area contributed by atoms with Gasteiger partial charge in [-0.15, -0.1) is 0 Å². The molecule has 0 bridgehead atoms. The number of nitrogens with zero attached hydrogens (tertiary/aromatic N) is 2. The van der Waals surface area contributed by atoms with Gasteiger partial charge in [0.15, 0.2) is 5.11 Å². The molecule has 3 N–H and O–H groups in total. The van der Waals surface area contributed by atoms with Gasteiger partial charge < -0.3 is 25.3 Å². The van der Waals surface area contributed by atoms with Crippen LogP contribution >= 0.6 is 12.2 Å². The highest BCUT2D eigenvalue weighted by Gasteiger charge is 2.41. The smallest absolute Gasteiger partial charge is 0.250 e. The van der Waals surface area contributed by atoms with Crippen LogP contribution in [-0.4, -0.2) is 34.7 Å². The van der Waals surface area contributed by atoms with E-state index in [0.29, 0.717) is 10.8 Å². The summed E-state index contributed by atoms with van der Waals surface area (Å²) in [7, 11) is 1.49. The molecule has 0 unspecified atom stereocenters. The number of hydrogen-bond donors (Lipinski definition) is 3. The Morgan fingerprint density at radius 3 is 2.63 bits per heavy atom. The summed E-state index contributed by atoms with van der Waals surface area (Å²) >= 11 is 5.71. The van der Waals surface area contributed by atoms with Crippen LogP contribution in [0.2, 0.25) is 0 Å². The molecule has 1 aliphatic heterocycles. The number of hydrogen-bond acceptors (Lipinski definition) is 4. The lowest BCUT2D eigenvalue weighted by Gasteiger charge is -2.27. The quantitative estimate of drug-likeness (QED) is 0.529. The Bertz CT molecular complexity index is 1040. The number of methoxy groups -OCH3 is 1. The topological polar surface area (TPSA) is 82.3 Å². The normalized spacial score (nSPS) is 18.3. The third-order valence-electron chi connectivity index (χ3n) is 4.98. The van der Waals surface area contributed by atoms with Crippen molar-refractivity contribution in [2.75, 3.05) is 23.9 Å². The molecule has 0 aliphatic carbocycles. The number of carbonyl (C=O) groups excluding carboxylic acids is 1. The highest BCUT2D eigenvalue weighted by Crippen LogP contribution is 2.41. The Morgan fingerprint density at radius 2 is 2.00 bits per heavy atom. The number of ether oxygens (including phenoxy) is 1. The standard InChI is InChI=1S/C22H23N5O2S/c1-14-6-11-18(24-14)21-20(17-5-3-4-12-23-17)26-22(30)27(21)16-9-7-15(8-10-16)25-19(28)13-29-2/h3-12,20-21,24H,13H2,1-2H3,(H,25,28)(H,26,30)/t20-,21+/m1/s1. The van der Waals surface area contributed by atoms with E-state index in [0.717, 1.165) is 22.8 Å². The first kappa shape index (κ1) is 20.1. The number of aromatic amines is 1. The van der Waals surface area contributed by atoms with Crippen LogP contribution in [0.25, 0.3) is 0 Å². The number of carbonyl (C=O) groups is 1. The van der Waals surface area contributed by atoms with E-state index in [1.807, 2.05) is 49.4 Å². The largest absolute Gasteiger partial charge is 0.375 e. The molecule has 3 aromatic rings. The molecule has 8 heteroatoms. The van der Waals surface area contributed by atoms with Gasteiger partial charge in [0.25, 0.3) is 0 Å². The molecule has 154 valence electrons. The molecule has 7 nitrogen and oxygen atoms in total. The monoisotopic (exact) mass is 421 g/mol. The molecule has 0 saturated carbocycles. The van der Waals surface area contributed by atoms with E-state index in [2.05, 4.69) is 37.6 Å². The van der Waals surface area contributed by atoms with Gasteiger partial charge in [0.1, 0.15) is 12.6 Å². The molecule has 2 aromatic heterocycles. The van der Waals surface area contributed by atoms with Crippen molar-refractivity contribution in [3.05, 3.63) is 77.9 Å². The Morgan fingerprint density at radius 1 is 1.20 bits per heavy atom. The van der Waals surface area contributed by atoms with E-state index < -0.39 is 0 Å². The fourth-order valence-corrected chi connectivity index (χ4v) is 4.03. The number of benzene rings is 1. The summed E-state index contributed by atoms with van der Waals surface area (Å²) in [6.07, 6.45) is 1.79. The van der Waals surface area contributed by atoms with Crippen LogP contribution in [0, 0.1) is 6.92 Å². The zero-order valence-corrected chi connectivity index (χ0v) is 17.6. The fourth-order valence-electron chi connectivity index (χ4n) is 3.68. The van der Waals surface area contributed by atoms with E-state index in [1.165, 1.54) is 7.11 Å². The first-order valence-electron chi connectivity index (χ1n) is 9.62. The molecule has 2 atom stereocenters. The minimum Gasteiger partial charge on any atom is -0.375 e. The fraction of sp³-hybridized carbons (Fsp3) is 0.227. The zero-order valence-electron chi connectivity index (χ0n) is 16.8. The van der Waals surface area contributed by atoms with Crippen LogP contribution in [0.4, 0.5) is 11.4 Å². The number of pyridine rings is 1. The van der Waals surface area contributed by atoms with Gasteiger partial charge in [0.05, 0.1) is 11.7 Å². The summed E-state index contributed by atoms with van der Waals surface area (Å²) in [5, 5.41) is 6.86. The van der Waals surface area contributed by atoms with Gasteiger partial charge in [-0.25, -0.2) is 0 Å². The summed E-state index contributed by atoms with van der Waals surface area (Å²) in [5.74, 6) is -0.196. The van der Waals surface area contributed by atoms with Crippen LogP contribution in [0.15, 0.2) is 60.8 Å². The predicted octanol–water partition coefficient (Wildman–Crippen LogP) is 3.48. The van der Waals surface area contributed by atoms with E-state index in [4.69, 9.17) is 17.0 Å². The van der Waals surface area contributed by atoms with E-state index in [9.17, 15) is 4.79 Å². The van der Waals surface area contributed by atoms with Gasteiger partial charge in [0, 0.05) is 36.1 Å². The third-order valence-corrected chi connectivity index (χ3v) is 5.29. The van der Waals surface area contributed by atoms with Crippen LogP contribution in [-0.2, 0) is 9.53 Å². The molecule has 1 saturated heterocycles. The number of nitrogens with one attached hydrogen (secondary N) is 3. The number of amides is 1. The number of H-pyrrole nitrogens is 1. The number of rotatable bonds is 6. The predicted molar refractivity (Wildman–Crippen MR) is 120 cm³/mol. The molecule has 1 fully saturated rings. The summed E-state index contributed by atoms with van der Waals surface area (Å²) in [6, 6.07) is 17.4. The molecular weight excluding hydrogens is 398 g/mol. The Hall–Kier alpha value is -3.23. The number of anilines is 2. The maximum Gasteiger partial charge on any atom is 0.250 e.